The molecule has 0 saturated carbocycles. The molecule has 0 spiro atoms. The zero-order chi connectivity index (χ0) is 13.8. The standard InChI is InChI=1S/C16H20N2O/c1-16(2,3)18-10-12-11-8-6-7-9-13(11)17(4)14(12)15(18)19-5/h6-10H,1-5H3. The van der Waals surface area contributed by atoms with Crippen molar-refractivity contribution in [2.24, 2.45) is 7.05 Å². The monoisotopic (exact) mass is 256 g/mol. The van der Waals surface area contributed by atoms with Crippen LogP contribution in [0.5, 0.6) is 5.88 Å². The first-order valence-corrected chi connectivity index (χ1v) is 6.58. The van der Waals surface area contributed by atoms with Crippen LogP contribution in [0, 0.1) is 0 Å². The van der Waals surface area contributed by atoms with Crippen LogP contribution >= 0.6 is 0 Å². The zero-order valence-electron chi connectivity index (χ0n) is 12.2. The topological polar surface area (TPSA) is 19.1 Å². The highest BCUT2D eigenvalue weighted by molar-refractivity contribution is 6.10. The lowest BCUT2D eigenvalue weighted by atomic mass is 10.1. The van der Waals surface area contributed by atoms with Gasteiger partial charge in [-0.2, -0.15) is 0 Å². The van der Waals surface area contributed by atoms with Crippen molar-refractivity contribution in [1.29, 1.82) is 0 Å². The summed E-state index contributed by atoms with van der Waals surface area (Å²) in [5, 5.41) is 2.53. The van der Waals surface area contributed by atoms with Gasteiger partial charge in [-0.1, -0.05) is 18.2 Å². The van der Waals surface area contributed by atoms with E-state index in [-0.39, 0.29) is 5.54 Å². The number of ether oxygens (including phenoxy) is 1. The van der Waals surface area contributed by atoms with Gasteiger partial charge in [-0.3, -0.25) is 0 Å². The lowest BCUT2D eigenvalue weighted by Gasteiger charge is -2.23. The van der Waals surface area contributed by atoms with E-state index in [0.717, 1.165) is 5.88 Å². The molecule has 0 aliphatic carbocycles. The van der Waals surface area contributed by atoms with Crippen molar-refractivity contribution in [2.75, 3.05) is 7.11 Å². The molecule has 19 heavy (non-hydrogen) atoms. The normalized spacial score (nSPS) is 12.5. The lowest BCUT2D eigenvalue weighted by molar-refractivity contribution is 0.311. The van der Waals surface area contributed by atoms with Gasteiger partial charge in [-0.25, -0.2) is 0 Å². The van der Waals surface area contributed by atoms with Gasteiger partial charge in [-0.05, 0) is 26.8 Å². The average Bonchev–Trinajstić information content (AvgIpc) is 2.87. The number of methoxy groups -OCH3 is 1. The molecule has 3 nitrogen and oxygen atoms in total. The number of nitrogens with zero attached hydrogens (tertiary/aromatic N) is 2. The Hall–Kier alpha value is -1.90. The summed E-state index contributed by atoms with van der Waals surface area (Å²) < 4.78 is 10.1. The minimum absolute atomic E-state index is 0.00542. The Kier molecular flexibility index (Phi) is 2.43. The number of aromatic nitrogens is 2. The van der Waals surface area contributed by atoms with Crippen LogP contribution < -0.4 is 4.74 Å². The molecule has 2 aromatic heterocycles. The van der Waals surface area contributed by atoms with E-state index in [0.29, 0.717) is 0 Å². The van der Waals surface area contributed by atoms with E-state index in [2.05, 4.69) is 67.4 Å². The molecule has 0 amide bonds. The first-order chi connectivity index (χ1) is 8.95. The Morgan fingerprint density at radius 1 is 1.05 bits per heavy atom. The van der Waals surface area contributed by atoms with Crippen molar-refractivity contribution in [3.63, 3.8) is 0 Å². The molecule has 2 heterocycles. The Balaban J connectivity index is 2.50. The molecule has 3 rings (SSSR count). The molecule has 0 atom stereocenters. The van der Waals surface area contributed by atoms with Gasteiger partial charge in [0.2, 0.25) is 5.88 Å². The maximum absolute atomic E-state index is 5.68. The Morgan fingerprint density at radius 3 is 2.37 bits per heavy atom. The summed E-state index contributed by atoms with van der Waals surface area (Å²) >= 11 is 0. The van der Waals surface area contributed by atoms with E-state index in [1.165, 1.54) is 21.8 Å². The largest absolute Gasteiger partial charge is 0.481 e. The van der Waals surface area contributed by atoms with Crippen molar-refractivity contribution in [2.45, 2.75) is 26.3 Å². The lowest BCUT2D eigenvalue weighted by Crippen LogP contribution is -2.21. The second-order valence-electron chi connectivity index (χ2n) is 6.02. The maximum Gasteiger partial charge on any atom is 0.219 e. The summed E-state index contributed by atoms with van der Waals surface area (Å²) in [6.45, 7) is 6.57. The molecule has 0 radical (unpaired) electrons. The predicted molar refractivity (Wildman–Crippen MR) is 80.0 cm³/mol. The Morgan fingerprint density at radius 2 is 1.74 bits per heavy atom. The van der Waals surface area contributed by atoms with Crippen molar-refractivity contribution >= 4 is 21.8 Å². The summed E-state index contributed by atoms with van der Waals surface area (Å²) in [6.07, 6.45) is 2.20. The highest BCUT2D eigenvalue weighted by Crippen LogP contribution is 2.38. The van der Waals surface area contributed by atoms with Crippen LogP contribution in [0.1, 0.15) is 20.8 Å². The van der Waals surface area contributed by atoms with Crippen molar-refractivity contribution in [3.8, 4) is 5.88 Å². The number of hydrogen-bond acceptors (Lipinski definition) is 1. The van der Waals surface area contributed by atoms with Gasteiger partial charge in [0.15, 0.2) is 0 Å². The predicted octanol–water partition coefficient (Wildman–Crippen LogP) is 3.90. The maximum atomic E-state index is 5.68. The van der Waals surface area contributed by atoms with Gasteiger partial charge in [0, 0.05) is 35.1 Å². The van der Waals surface area contributed by atoms with Crippen molar-refractivity contribution < 1.29 is 4.74 Å². The molecule has 100 valence electrons. The average molecular weight is 256 g/mol. The summed E-state index contributed by atoms with van der Waals surface area (Å²) in [5.41, 5.74) is 2.41. The molecule has 3 aromatic rings. The quantitative estimate of drug-likeness (QED) is 0.646. The van der Waals surface area contributed by atoms with Crippen LogP contribution in [-0.2, 0) is 12.6 Å². The highest BCUT2D eigenvalue weighted by atomic mass is 16.5. The first kappa shape index (κ1) is 12.2. The van der Waals surface area contributed by atoms with Crippen LogP contribution in [0.15, 0.2) is 30.5 Å². The van der Waals surface area contributed by atoms with Crippen LogP contribution in [0.25, 0.3) is 21.8 Å². The van der Waals surface area contributed by atoms with Crippen molar-refractivity contribution in [3.05, 3.63) is 30.5 Å². The first-order valence-electron chi connectivity index (χ1n) is 6.58. The molecule has 0 N–H and O–H groups in total. The second kappa shape index (κ2) is 3.80. The molecular weight excluding hydrogens is 236 g/mol. The van der Waals surface area contributed by atoms with Crippen LogP contribution in [0.4, 0.5) is 0 Å². The van der Waals surface area contributed by atoms with Gasteiger partial charge >= 0.3 is 0 Å². The van der Waals surface area contributed by atoms with Gasteiger partial charge in [0.05, 0.1) is 7.11 Å². The van der Waals surface area contributed by atoms with E-state index in [1.54, 1.807) is 7.11 Å². The van der Waals surface area contributed by atoms with E-state index >= 15 is 0 Å². The molecule has 3 heteroatoms. The Labute approximate surface area is 113 Å². The zero-order valence-corrected chi connectivity index (χ0v) is 12.2. The molecule has 0 saturated heterocycles. The van der Waals surface area contributed by atoms with E-state index in [4.69, 9.17) is 4.74 Å². The van der Waals surface area contributed by atoms with Gasteiger partial charge in [0.1, 0.15) is 5.52 Å². The SMILES string of the molecule is COc1c2c(cn1C(C)(C)C)c1ccccc1n2C. The fourth-order valence-electron chi connectivity index (χ4n) is 2.81. The van der Waals surface area contributed by atoms with E-state index in [9.17, 15) is 0 Å². The van der Waals surface area contributed by atoms with Crippen LogP contribution in [0.3, 0.4) is 0 Å². The number of para-hydroxylation sites is 1. The van der Waals surface area contributed by atoms with E-state index < -0.39 is 0 Å². The van der Waals surface area contributed by atoms with Crippen LogP contribution in [0.2, 0.25) is 0 Å². The van der Waals surface area contributed by atoms with Gasteiger partial charge in [-0.15, -0.1) is 0 Å². The molecule has 0 bridgehead atoms. The highest BCUT2D eigenvalue weighted by Gasteiger charge is 2.23. The molecule has 0 unspecified atom stereocenters. The van der Waals surface area contributed by atoms with Gasteiger partial charge in [0.25, 0.3) is 0 Å². The van der Waals surface area contributed by atoms with Crippen molar-refractivity contribution in [1.82, 2.24) is 9.13 Å². The smallest absolute Gasteiger partial charge is 0.219 e. The number of rotatable bonds is 1. The van der Waals surface area contributed by atoms with E-state index in [1.807, 2.05) is 0 Å². The third-order valence-corrected chi connectivity index (χ3v) is 3.74. The summed E-state index contributed by atoms with van der Waals surface area (Å²) in [6, 6.07) is 8.48. The Bertz CT molecular complexity index is 756. The van der Waals surface area contributed by atoms with Crippen LogP contribution in [-0.4, -0.2) is 16.2 Å². The number of fused-ring (bicyclic) bond motifs is 3. The number of benzene rings is 1. The second-order valence-corrected chi connectivity index (χ2v) is 6.02. The molecule has 0 aliphatic heterocycles. The molecule has 0 fully saturated rings. The molecule has 0 aliphatic rings. The summed E-state index contributed by atoms with van der Waals surface area (Å²) in [5.74, 6) is 0.932. The number of aryl methyl sites for hydroxylation is 1. The third kappa shape index (κ3) is 1.57. The third-order valence-electron chi connectivity index (χ3n) is 3.74. The molecule has 1 aromatic carbocycles. The fourth-order valence-corrected chi connectivity index (χ4v) is 2.81. The minimum Gasteiger partial charge on any atom is -0.481 e. The minimum atomic E-state index is 0.00542. The fraction of sp³-hybridized carbons (Fsp3) is 0.375. The number of hydrogen-bond donors (Lipinski definition) is 0. The summed E-state index contributed by atoms with van der Waals surface area (Å²) in [7, 11) is 3.84. The molecular formula is C16H20N2O. The summed E-state index contributed by atoms with van der Waals surface area (Å²) in [4.78, 5) is 0. The van der Waals surface area contributed by atoms with Gasteiger partial charge < -0.3 is 13.9 Å².